The maximum absolute atomic E-state index is 11.9. The molecule has 5 aliphatic rings. The highest BCUT2D eigenvalue weighted by molar-refractivity contribution is 6.01. The zero-order chi connectivity index (χ0) is 19.9. The van der Waals surface area contributed by atoms with Gasteiger partial charge in [-0.1, -0.05) is 38.8 Å². The Morgan fingerprint density at radius 2 is 2.07 bits per heavy atom. The van der Waals surface area contributed by atoms with Gasteiger partial charge in [0.05, 0.1) is 12.2 Å². The number of aliphatic hydroxyl groups is 1. The van der Waals surface area contributed by atoms with Gasteiger partial charge in [-0.3, -0.25) is 4.79 Å². The van der Waals surface area contributed by atoms with E-state index < -0.39 is 0 Å². The second-order valence-corrected chi connectivity index (χ2v) is 10.5. The Bertz CT molecular complexity index is 756. The number of hydrogen-bond donors (Lipinski definition) is 1. The first kappa shape index (κ1) is 19.0. The van der Waals surface area contributed by atoms with Crippen LogP contribution in [-0.4, -0.2) is 35.0 Å². The summed E-state index contributed by atoms with van der Waals surface area (Å²) in [7, 11) is 0. The lowest BCUT2D eigenvalue weighted by atomic mass is 9.46. The van der Waals surface area contributed by atoms with Crippen molar-refractivity contribution in [2.45, 2.75) is 90.3 Å². The van der Waals surface area contributed by atoms with Gasteiger partial charge < -0.3 is 14.6 Å². The molecule has 0 aromatic rings. The molecular weight excluding hydrogens is 352 g/mol. The van der Waals surface area contributed by atoms with Crippen molar-refractivity contribution < 1.29 is 19.4 Å². The second-order valence-electron chi connectivity index (χ2n) is 10.5. The standard InChI is InChI=1S/C24H34O4/c1-5-6-20-27-19-12-17-16-8-7-14-11-15(25)9-10-22(14,2)21(16)18(26)13-23(17,3)24(19,4)28-20/h9-11,16-21,26H,5-8,12-13H2,1-4H3. The number of hydrogen-bond acceptors (Lipinski definition) is 4. The number of ether oxygens (including phenoxy) is 2. The van der Waals surface area contributed by atoms with E-state index in [0.29, 0.717) is 11.8 Å². The molecule has 3 saturated carbocycles. The third-order valence-corrected chi connectivity index (χ3v) is 9.32. The normalized spacial score (nSPS) is 54.6. The summed E-state index contributed by atoms with van der Waals surface area (Å²) >= 11 is 0. The average Bonchev–Trinajstić information content (AvgIpc) is 3.05. The molecule has 9 atom stereocenters. The molecule has 1 saturated heterocycles. The van der Waals surface area contributed by atoms with Crippen LogP contribution < -0.4 is 0 Å². The van der Waals surface area contributed by atoms with Crippen LogP contribution in [0.3, 0.4) is 0 Å². The highest BCUT2D eigenvalue weighted by Crippen LogP contribution is 2.69. The van der Waals surface area contributed by atoms with E-state index in [-0.39, 0.29) is 46.6 Å². The highest BCUT2D eigenvalue weighted by atomic mass is 16.7. The van der Waals surface area contributed by atoms with Crippen LogP contribution in [0.5, 0.6) is 0 Å². The summed E-state index contributed by atoms with van der Waals surface area (Å²) in [6.45, 7) is 8.96. The molecule has 0 spiro atoms. The summed E-state index contributed by atoms with van der Waals surface area (Å²) in [4.78, 5) is 11.9. The number of fused-ring (bicyclic) bond motifs is 7. The average molecular weight is 387 g/mol. The van der Waals surface area contributed by atoms with E-state index in [4.69, 9.17) is 9.47 Å². The van der Waals surface area contributed by atoms with Gasteiger partial charge in [-0.15, -0.1) is 0 Å². The molecule has 0 amide bonds. The predicted molar refractivity (Wildman–Crippen MR) is 106 cm³/mol. The Hall–Kier alpha value is -0.970. The lowest BCUT2D eigenvalue weighted by Gasteiger charge is -2.59. The predicted octanol–water partition coefficient (Wildman–Crippen LogP) is 4.18. The molecule has 9 unspecified atom stereocenters. The quantitative estimate of drug-likeness (QED) is 0.774. The van der Waals surface area contributed by atoms with Gasteiger partial charge in [-0.25, -0.2) is 0 Å². The van der Waals surface area contributed by atoms with E-state index in [2.05, 4.69) is 33.8 Å². The summed E-state index contributed by atoms with van der Waals surface area (Å²) in [5, 5.41) is 11.4. The zero-order valence-electron chi connectivity index (χ0n) is 17.6. The Kier molecular flexibility index (Phi) is 4.09. The van der Waals surface area contributed by atoms with E-state index >= 15 is 0 Å². The van der Waals surface area contributed by atoms with Gasteiger partial charge in [-0.2, -0.15) is 0 Å². The fraction of sp³-hybridized carbons (Fsp3) is 0.792. The van der Waals surface area contributed by atoms with Crippen molar-refractivity contribution in [1.82, 2.24) is 0 Å². The minimum absolute atomic E-state index is 0.0769. The number of carbonyl (C=O) groups excluding carboxylic acids is 1. The van der Waals surface area contributed by atoms with Crippen LogP contribution in [0.4, 0.5) is 0 Å². The minimum atomic E-state index is -0.387. The van der Waals surface area contributed by atoms with Gasteiger partial charge in [0.25, 0.3) is 0 Å². The van der Waals surface area contributed by atoms with Crippen LogP contribution in [0.1, 0.15) is 66.2 Å². The molecule has 0 radical (unpaired) electrons. The van der Waals surface area contributed by atoms with E-state index in [1.165, 1.54) is 5.57 Å². The topological polar surface area (TPSA) is 55.8 Å². The van der Waals surface area contributed by atoms with Crippen LogP contribution >= 0.6 is 0 Å². The highest BCUT2D eigenvalue weighted by Gasteiger charge is 2.71. The van der Waals surface area contributed by atoms with E-state index in [1.807, 2.05) is 6.08 Å². The zero-order valence-corrected chi connectivity index (χ0v) is 17.6. The smallest absolute Gasteiger partial charge is 0.178 e. The van der Waals surface area contributed by atoms with Crippen LogP contribution in [-0.2, 0) is 14.3 Å². The van der Waals surface area contributed by atoms with Gasteiger partial charge >= 0.3 is 0 Å². The Balaban J connectivity index is 1.50. The summed E-state index contributed by atoms with van der Waals surface area (Å²) < 4.78 is 12.9. The summed E-state index contributed by atoms with van der Waals surface area (Å²) in [6, 6.07) is 0. The van der Waals surface area contributed by atoms with Crippen molar-refractivity contribution in [2.24, 2.45) is 28.6 Å². The molecule has 4 heteroatoms. The molecule has 4 nitrogen and oxygen atoms in total. The van der Waals surface area contributed by atoms with Crippen molar-refractivity contribution in [3.8, 4) is 0 Å². The van der Waals surface area contributed by atoms with Gasteiger partial charge in [0.15, 0.2) is 12.1 Å². The van der Waals surface area contributed by atoms with Crippen molar-refractivity contribution in [1.29, 1.82) is 0 Å². The molecule has 4 fully saturated rings. The van der Waals surface area contributed by atoms with E-state index in [9.17, 15) is 9.90 Å². The van der Waals surface area contributed by atoms with Crippen molar-refractivity contribution in [2.75, 3.05) is 0 Å². The van der Waals surface area contributed by atoms with Gasteiger partial charge in [0.2, 0.25) is 0 Å². The van der Waals surface area contributed by atoms with Crippen molar-refractivity contribution >= 4 is 5.78 Å². The van der Waals surface area contributed by atoms with E-state index in [1.54, 1.807) is 6.08 Å². The largest absolute Gasteiger partial charge is 0.393 e. The molecule has 1 aliphatic heterocycles. The summed E-state index contributed by atoms with van der Waals surface area (Å²) in [5.74, 6) is 1.19. The maximum Gasteiger partial charge on any atom is 0.178 e. The molecular formula is C24H34O4. The fourth-order valence-electron chi connectivity index (χ4n) is 7.74. The van der Waals surface area contributed by atoms with Gasteiger partial charge in [0.1, 0.15) is 5.60 Å². The lowest BCUT2D eigenvalue weighted by Crippen LogP contribution is -2.59. The maximum atomic E-state index is 11.9. The Labute approximate surface area is 168 Å². The lowest BCUT2D eigenvalue weighted by molar-refractivity contribution is -0.190. The van der Waals surface area contributed by atoms with Crippen molar-refractivity contribution in [3.63, 3.8) is 0 Å². The molecule has 28 heavy (non-hydrogen) atoms. The van der Waals surface area contributed by atoms with Crippen LogP contribution in [0.2, 0.25) is 0 Å². The number of aliphatic hydroxyl groups excluding tert-OH is 1. The Morgan fingerprint density at radius 1 is 1.29 bits per heavy atom. The number of allylic oxidation sites excluding steroid dienone is 4. The molecule has 0 aromatic carbocycles. The molecule has 154 valence electrons. The number of carbonyl (C=O) groups is 1. The van der Waals surface area contributed by atoms with Crippen LogP contribution in [0, 0.1) is 28.6 Å². The summed E-state index contributed by atoms with van der Waals surface area (Å²) in [6.07, 6.45) is 11.0. The second kappa shape index (κ2) is 6.02. The van der Waals surface area contributed by atoms with Gasteiger partial charge in [0, 0.05) is 16.7 Å². The third-order valence-electron chi connectivity index (χ3n) is 9.32. The number of rotatable bonds is 2. The molecule has 0 aromatic heterocycles. The Morgan fingerprint density at radius 3 is 2.82 bits per heavy atom. The van der Waals surface area contributed by atoms with Crippen LogP contribution in [0.15, 0.2) is 23.8 Å². The third kappa shape index (κ3) is 2.26. The molecule has 0 bridgehead atoms. The first-order chi connectivity index (χ1) is 13.2. The van der Waals surface area contributed by atoms with Crippen LogP contribution in [0.25, 0.3) is 0 Å². The molecule has 4 aliphatic carbocycles. The molecule has 1 N–H and O–H groups in total. The molecule has 5 rings (SSSR count). The van der Waals surface area contributed by atoms with Crippen molar-refractivity contribution in [3.05, 3.63) is 23.8 Å². The fourth-order valence-corrected chi connectivity index (χ4v) is 7.74. The molecule has 1 heterocycles. The number of ketones is 1. The first-order valence-corrected chi connectivity index (χ1v) is 11.2. The van der Waals surface area contributed by atoms with E-state index in [0.717, 1.165) is 38.5 Å². The summed E-state index contributed by atoms with van der Waals surface area (Å²) in [5.41, 5.74) is 0.609. The minimum Gasteiger partial charge on any atom is -0.393 e. The monoisotopic (exact) mass is 386 g/mol. The SMILES string of the molecule is CCCC1OC2CC3C4CCC5=CC(=O)C=CC5(C)C4C(O)CC3(C)C2(C)O1. The van der Waals surface area contributed by atoms with Gasteiger partial charge in [-0.05, 0) is 63.0 Å². The first-order valence-electron chi connectivity index (χ1n) is 11.2.